The van der Waals surface area contributed by atoms with E-state index >= 15 is 0 Å². The summed E-state index contributed by atoms with van der Waals surface area (Å²) in [5.41, 5.74) is 3.47. The van der Waals surface area contributed by atoms with E-state index in [1.54, 1.807) is 19.4 Å². The Morgan fingerprint density at radius 2 is 2.14 bits per heavy atom. The van der Waals surface area contributed by atoms with Crippen molar-refractivity contribution in [3.8, 4) is 5.88 Å². The van der Waals surface area contributed by atoms with Gasteiger partial charge in [0.1, 0.15) is 5.82 Å². The van der Waals surface area contributed by atoms with Gasteiger partial charge >= 0.3 is 5.97 Å². The van der Waals surface area contributed by atoms with Gasteiger partial charge in [-0.05, 0) is 55.5 Å². The quantitative estimate of drug-likeness (QED) is 0.384. The summed E-state index contributed by atoms with van der Waals surface area (Å²) in [5.74, 6) is 0.573. The Kier molecular flexibility index (Phi) is 7.82. The molecule has 194 valence electrons. The standard InChI is InChI=1S/C26H29N5O5S/c1-35-23-9-7-19-25(31-23)15(10-11-27-19)2-4-17-5-6-18(20(36-17)12-24(33)34)28-13-16-3-8-21-26(29-16)30-22(32)14-37-21/h3,7-11,17-18,20,28H,2,4-6,12-14H2,1H3,(H,33,34)(H,29,30,32)/t17-,18-,20-/m1/s1. The Morgan fingerprint density at radius 3 is 2.97 bits per heavy atom. The molecule has 5 heterocycles. The highest BCUT2D eigenvalue weighted by molar-refractivity contribution is 8.00. The third kappa shape index (κ3) is 6.17. The SMILES string of the molecule is COc1ccc2nccc(CC[C@@H]3CC[C@@H](NCc4ccc5c(n4)NC(=O)CS5)[C@@H](CC(=O)O)O3)c2n1. The number of rotatable bonds is 9. The second kappa shape index (κ2) is 11.4. The monoisotopic (exact) mass is 523 g/mol. The van der Waals surface area contributed by atoms with Crippen molar-refractivity contribution in [3.63, 3.8) is 0 Å². The predicted molar refractivity (Wildman–Crippen MR) is 139 cm³/mol. The molecule has 0 radical (unpaired) electrons. The summed E-state index contributed by atoms with van der Waals surface area (Å²) in [6, 6.07) is 9.42. The summed E-state index contributed by atoms with van der Waals surface area (Å²) >= 11 is 1.47. The number of ether oxygens (including phenoxy) is 2. The van der Waals surface area contributed by atoms with E-state index in [2.05, 4.69) is 25.6 Å². The number of carboxylic acids is 1. The molecule has 0 spiro atoms. The zero-order valence-corrected chi connectivity index (χ0v) is 21.3. The lowest BCUT2D eigenvalue weighted by atomic mass is 9.93. The number of anilines is 1. The highest BCUT2D eigenvalue weighted by Crippen LogP contribution is 2.30. The van der Waals surface area contributed by atoms with Gasteiger partial charge in [-0.3, -0.25) is 14.6 Å². The number of aromatic nitrogens is 3. The molecule has 11 heteroatoms. The summed E-state index contributed by atoms with van der Waals surface area (Å²) in [7, 11) is 1.59. The number of nitrogens with zero attached hydrogens (tertiary/aromatic N) is 3. The zero-order chi connectivity index (χ0) is 25.8. The van der Waals surface area contributed by atoms with Gasteiger partial charge in [-0.15, -0.1) is 11.8 Å². The fourth-order valence-corrected chi connectivity index (χ4v) is 5.56. The largest absolute Gasteiger partial charge is 0.481 e. The van der Waals surface area contributed by atoms with Crippen molar-refractivity contribution in [2.24, 2.45) is 0 Å². The van der Waals surface area contributed by atoms with Gasteiger partial charge in [-0.1, -0.05) is 0 Å². The number of nitrogens with one attached hydrogen (secondary N) is 2. The first-order chi connectivity index (χ1) is 18.0. The molecular weight excluding hydrogens is 494 g/mol. The van der Waals surface area contributed by atoms with E-state index in [-0.39, 0.29) is 24.5 Å². The Hall–Kier alpha value is -3.28. The van der Waals surface area contributed by atoms with Gasteiger partial charge in [0.05, 0.1) is 53.1 Å². The van der Waals surface area contributed by atoms with E-state index in [0.29, 0.717) is 24.0 Å². The van der Waals surface area contributed by atoms with Crippen LogP contribution >= 0.6 is 11.8 Å². The van der Waals surface area contributed by atoms with Crippen molar-refractivity contribution in [2.45, 2.75) is 61.8 Å². The third-order valence-corrected chi connectivity index (χ3v) is 7.70. The third-order valence-electron chi connectivity index (χ3n) is 6.66. The maximum atomic E-state index is 11.7. The molecule has 1 fully saturated rings. The Bertz CT molecular complexity index is 1310. The molecule has 1 saturated heterocycles. The van der Waals surface area contributed by atoms with E-state index in [4.69, 9.17) is 9.47 Å². The summed E-state index contributed by atoms with van der Waals surface area (Å²) < 4.78 is 11.6. The van der Waals surface area contributed by atoms with Gasteiger partial charge < -0.3 is 25.2 Å². The van der Waals surface area contributed by atoms with Gasteiger partial charge in [0.15, 0.2) is 0 Å². The molecule has 37 heavy (non-hydrogen) atoms. The van der Waals surface area contributed by atoms with Crippen LogP contribution in [0.15, 0.2) is 41.4 Å². The lowest BCUT2D eigenvalue weighted by Gasteiger charge is -2.36. The van der Waals surface area contributed by atoms with Crippen molar-refractivity contribution in [3.05, 3.63) is 47.8 Å². The van der Waals surface area contributed by atoms with Crippen molar-refractivity contribution >= 4 is 40.5 Å². The number of carbonyl (C=O) groups excluding carboxylic acids is 1. The van der Waals surface area contributed by atoms with Gasteiger partial charge in [-0.2, -0.15) is 0 Å². The molecule has 10 nitrogen and oxygen atoms in total. The summed E-state index contributed by atoms with van der Waals surface area (Å²) in [6.45, 7) is 0.457. The second-order valence-corrected chi connectivity index (χ2v) is 10.2. The lowest BCUT2D eigenvalue weighted by Crippen LogP contribution is -2.48. The van der Waals surface area contributed by atoms with Crippen LogP contribution in [-0.4, -0.2) is 63.0 Å². The van der Waals surface area contributed by atoms with Crippen LogP contribution < -0.4 is 15.4 Å². The van der Waals surface area contributed by atoms with Gasteiger partial charge in [0, 0.05) is 24.8 Å². The fraction of sp³-hybridized carbons (Fsp3) is 0.423. The Balaban J connectivity index is 1.21. The minimum Gasteiger partial charge on any atom is -0.481 e. The number of carbonyl (C=O) groups is 2. The molecular formula is C26H29N5O5S. The molecule has 0 saturated carbocycles. The number of aliphatic carboxylic acids is 1. The number of methoxy groups -OCH3 is 1. The van der Waals surface area contributed by atoms with E-state index in [1.165, 1.54) is 11.8 Å². The normalized spacial score (nSPS) is 21.3. The Morgan fingerprint density at radius 1 is 1.24 bits per heavy atom. The molecule has 0 aliphatic carbocycles. The van der Waals surface area contributed by atoms with Crippen molar-refractivity contribution in [1.29, 1.82) is 0 Å². The Labute approximate surface area is 218 Å². The highest BCUT2D eigenvalue weighted by atomic mass is 32.2. The lowest BCUT2D eigenvalue weighted by molar-refractivity contribution is -0.145. The van der Waals surface area contributed by atoms with Crippen LogP contribution in [0.25, 0.3) is 11.0 Å². The summed E-state index contributed by atoms with van der Waals surface area (Å²) in [4.78, 5) is 37.7. The first-order valence-electron chi connectivity index (χ1n) is 12.3. The topological polar surface area (TPSA) is 136 Å². The molecule has 0 bridgehead atoms. The van der Waals surface area contributed by atoms with Crippen LogP contribution in [0.1, 0.15) is 36.9 Å². The highest BCUT2D eigenvalue weighted by Gasteiger charge is 2.32. The first-order valence-corrected chi connectivity index (χ1v) is 13.3. The van der Waals surface area contributed by atoms with Crippen LogP contribution in [0.3, 0.4) is 0 Å². The molecule has 3 aromatic heterocycles. The summed E-state index contributed by atoms with van der Waals surface area (Å²) in [6.07, 6.45) is 4.31. The van der Waals surface area contributed by atoms with Crippen LogP contribution in [0, 0.1) is 0 Å². The number of pyridine rings is 3. The number of hydrogen-bond acceptors (Lipinski definition) is 9. The molecule has 3 N–H and O–H groups in total. The predicted octanol–water partition coefficient (Wildman–Crippen LogP) is 3.19. The molecule has 2 aliphatic rings. The number of thioether (sulfide) groups is 1. The number of carboxylic acid groups (broad SMARTS) is 1. The van der Waals surface area contributed by atoms with Gasteiger partial charge in [0.2, 0.25) is 11.8 Å². The molecule has 3 aromatic rings. The fourth-order valence-electron chi connectivity index (χ4n) is 4.80. The molecule has 1 amide bonds. The van der Waals surface area contributed by atoms with Crippen LogP contribution in [0.2, 0.25) is 0 Å². The summed E-state index contributed by atoms with van der Waals surface area (Å²) in [5, 5.41) is 15.7. The van der Waals surface area contributed by atoms with E-state index < -0.39 is 12.1 Å². The van der Waals surface area contributed by atoms with Gasteiger partial charge in [-0.25, -0.2) is 9.97 Å². The molecule has 2 aliphatic heterocycles. The van der Waals surface area contributed by atoms with E-state index in [9.17, 15) is 14.7 Å². The molecule has 5 rings (SSSR count). The number of amides is 1. The molecule has 0 aromatic carbocycles. The van der Waals surface area contributed by atoms with Crippen LogP contribution in [0.4, 0.5) is 5.82 Å². The molecule has 3 atom stereocenters. The minimum atomic E-state index is -0.888. The first kappa shape index (κ1) is 25.4. The van der Waals surface area contributed by atoms with E-state index in [1.807, 2.05) is 24.3 Å². The average Bonchev–Trinajstić information content (AvgIpc) is 2.90. The van der Waals surface area contributed by atoms with Gasteiger partial charge in [0.25, 0.3) is 0 Å². The average molecular weight is 524 g/mol. The molecule has 0 unspecified atom stereocenters. The number of hydrogen-bond donors (Lipinski definition) is 3. The number of fused-ring (bicyclic) bond motifs is 2. The van der Waals surface area contributed by atoms with Crippen LogP contribution in [0.5, 0.6) is 5.88 Å². The van der Waals surface area contributed by atoms with Crippen molar-refractivity contribution in [1.82, 2.24) is 20.3 Å². The maximum Gasteiger partial charge on any atom is 0.306 e. The number of aryl methyl sites for hydroxylation is 1. The minimum absolute atomic E-state index is 0.0506. The second-order valence-electron chi connectivity index (χ2n) is 9.18. The van der Waals surface area contributed by atoms with E-state index in [0.717, 1.165) is 52.9 Å². The van der Waals surface area contributed by atoms with Crippen LogP contribution in [-0.2, 0) is 27.3 Å². The zero-order valence-electron chi connectivity index (χ0n) is 20.5. The maximum absolute atomic E-state index is 11.7. The van der Waals surface area contributed by atoms with Crippen molar-refractivity contribution < 1.29 is 24.2 Å². The van der Waals surface area contributed by atoms with Crippen molar-refractivity contribution in [2.75, 3.05) is 18.2 Å². The smallest absolute Gasteiger partial charge is 0.306 e.